The third-order valence-corrected chi connectivity index (χ3v) is 15.0. The number of aliphatic hydroxyl groups is 2. The van der Waals surface area contributed by atoms with Crippen LogP contribution in [0.25, 0.3) is 22.3 Å². The first-order valence-electron chi connectivity index (χ1n) is 12.4. The molecule has 0 spiro atoms. The van der Waals surface area contributed by atoms with Crippen molar-refractivity contribution in [2.45, 2.75) is 46.8 Å². The van der Waals surface area contributed by atoms with Gasteiger partial charge < -0.3 is 35.5 Å². The Labute approximate surface area is 244 Å². The van der Waals surface area contributed by atoms with Gasteiger partial charge in [0.2, 0.25) is 5.95 Å². The largest absolute Gasteiger partial charge is 0.395 e. The lowest BCUT2D eigenvalue weighted by Crippen LogP contribution is -2.32. The first kappa shape index (κ1) is 27.5. The minimum atomic E-state index is -3.02. The number of alkyl halides is 1. The van der Waals surface area contributed by atoms with E-state index in [1.54, 1.807) is 4.57 Å². The van der Waals surface area contributed by atoms with Crippen molar-refractivity contribution < 1.29 is 23.9 Å². The van der Waals surface area contributed by atoms with Crippen LogP contribution in [0.1, 0.15) is 18.0 Å². The number of aromatic nitrogens is 8. The van der Waals surface area contributed by atoms with Gasteiger partial charge in [0.05, 0.1) is 36.4 Å². The smallest absolute Gasteiger partial charge is 0.280 e. The third-order valence-electron chi connectivity index (χ3n) is 7.99. The normalized spacial score (nSPS) is 34.3. The number of halogens is 1. The molecule has 218 valence electrons. The van der Waals surface area contributed by atoms with Crippen LogP contribution in [0.2, 0.25) is 0 Å². The summed E-state index contributed by atoms with van der Waals surface area (Å²) >= 11 is 12.4. The van der Waals surface area contributed by atoms with Gasteiger partial charge in [-0.15, -0.1) is 24.0 Å². The number of rotatable bonds is 7. The van der Waals surface area contributed by atoms with Crippen LogP contribution in [0, 0.1) is 5.92 Å². The molecule has 7 rings (SSSR count). The van der Waals surface area contributed by atoms with Gasteiger partial charge >= 0.3 is 0 Å². The van der Waals surface area contributed by atoms with Crippen molar-refractivity contribution in [3.63, 3.8) is 0 Å². The molecular weight excluding hydrogens is 618 g/mol. The number of nitrogen functional groups attached to an aromatic ring is 2. The molecule has 15 nitrogen and oxygen atoms in total. The van der Waals surface area contributed by atoms with Gasteiger partial charge in [0.1, 0.15) is 29.5 Å². The topological polar surface area (TPSA) is 218 Å². The fourth-order valence-electron chi connectivity index (χ4n) is 5.88. The van der Waals surface area contributed by atoms with Crippen molar-refractivity contribution >= 4 is 75.4 Å². The molecule has 0 radical (unpaired) electrons. The highest BCUT2D eigenvalue weighted by Gasteiger charge is 2.74. The van der Waals surface area contributed by atoms with Gasteiger partial charge in [0.25, 0.3) is 5.56 Å². The van der Waals surface area contributed by atoms with Crippen LogP contribution < -0.4 is 17.0 Å². The maximum Gasteiger partial charge on any atom is 0.280 e. The zero-order valence-corrected chi connectivity index (χ0v) is 24.3. The second kappa shape index (κ2) is 9.57. The number of H-pyrrole nitrogens is 1. The van der Waals surface area contributed by atoms with Crippen LogP contribution >= 0.6 is 29.5 Å². The number of thioether (sulfide) groups is 1. The Hall–Kier alpha value is -2.38. The monoisotopic (exact) mass is 642 g/mol. The van der Waals surface area contributed by atoms with E-state index in [2.05, 4.69) is 29.9 Å². The number of nitrogens with zero attached hydrogens (tertiary/aromatic N) is 7. The van der Waals surface area contributed by atoms with Crippen LogP contribution in [0.4, 0.5) is 16.2 Å². The lowest BCUT2D eigenvalue weighted by molar-refractivity contribution is -0.0397. The molecule has 2 saturated heterocycles. The molecule has 1 aliphatic carbocycles. The van der Waals surface area contributed by atoms with Crippen LogP contribution in [0.15, 0.2) is 23.8 Å². The number of nitrogens with one attached hydrogen (secondary N) is 1. The molecule has 7 N–H and O–H groups in total. The number of ether oxygens (including phenoxy) is 1. The average molecular weight is 643 g/mol. The van der Waals surface area contributed by atoms with Crippen LogP contribution in [0.5, 0.6) is 0 Å². The van der Waals surface area contributed by atoms with Crippen molar-refractivity contribution in [1.29, 1.82) is 0 Å². The lowest BCUT2D eigenvalue weighted by Gasteiger charge is -2.32. The Morgan fingerprint density at radius 3 is 2.80 bits per heavy atom. The van der Waals surface area contributed by atoms with Crippen LogP contribution in [0.3, 0.4) is 0 Å². The van der Waals surface area contributed by atoms with E-state index in [1.807, 2.05) is 0 Å². The second-order valence-corrected chi connectivity index (χ2v) is 17.7. The first-order valence-corrected chi connectivity index (χ1v) is 17.3. The van der Waals surface area contributed by atoms with E-state index in [0.717, 1.165) is 0 Å². The zero-order valence-electron chi connectivity index (χ0n) is 20.9. The summed E-state index contributed by atoms with van der Waals surface area (Å²) in [7, 11) is 0. The van der Waals surface area contributed by atoms with Crippen LogP contribution in [-0.4, -0.2) is 91.3 Å². The van der Waals surface area contributed by atoms with Gasteiger partial charge in [0, 0.05) is 5.25 Å². The summed E-state index contributed by atoms with van der Waals surface area (Å²) in [6.45, 7) is -0.324. The van der Waals surface area contributed by atoms with E-state index in [-0.39, 0.29) is 58.5 Å². The quantitative estimate of drug-likeness (QED) is 0.118. The van der Waals surface area contributed by atoms with Crippen molar-refractivity contribution in [3.05, 3.63) is 29.3 Å². The van der Waals surface area contributed by atoms with Crippen LogP contribution in [-0.2, 0) is 21.1 Å². The number of aliphatic hydroxyl groups excluding tert-OH is 2. The van der Waals surface area contributed by atoms with Gasteiger partial charge in [-0.3, -0.25) is 14.3 Å². The molecule has 0 amide bonds. The molecule has 1 unspecified atom stereocenters. The predicted molar refractivity (Wildman–Crippen MR) is 155 cm³/mol. The Kier molecular flexibility index (Phi) is 6.41. The number of thiol groups is 1. The van der Waals surface area contributed by atoms with E-state index < -0.39 is 46.2 Å². The second-order valence-electron chi connectivity index (χ2n) is 10.2. The van der Waals surface area contributed by atoms with E-state index in [4.69, 9.17) is 44.8 Å². The molecule has 6 heterocycles. The molecule has 2 aliphatic heterocycles. The Balaban J connectivity index is 1.15. The zero-order chi connectivity index (χ0) is 28.8. The predicted octanol–water partition coefficient (Wildman–Crippen LogP) is 0.341. The summed E-state index contributed by atoms with van der Waals surface area (Å²) in [5.41, 5.74) is 9.10. The number of hydrogen-bond donors (Lipinski definition) is 6. The summed E-state index contributed by atoms with van der Waals surface area (Å²) in [5.74, 6) is 0.0486. The molecule has 0 aromatic carbocycles. The van der Waals surface area contributed by atoms with E-state index in [1.165, 1.54) is 35.3 Å². The number of imidazole rings is 2. The first-order chi connectivity index (χ1) is 19.6. The lowest BCUT2D eigenvalue weighted by atomic mass is 10.1. The summed E-state index contributed by atoms with van der Waals surface area (Å²) in [4.78, 5) is 35.5. The molecule has 1 saturated carbocycles. The molecule has 4 aromatic rings. The van der Waals surface area contributed by atoms with Crippen molar-refractivity contribution in [2.24, 2.45) is 5.92 Å². The third kappa shape index (κ3) is 3.97. The highest BCUT2D eigenvalue weighted by molar-refractivity contribution is 8.62. The Morgan fingerprint density at radius 1 is 1.27 bits per heavy atom. The summed E-state index contributed by atoms with van der Waals surface area (Å²) < 4.78 is 30.5. The molecule has 3 aliphatic rings. The van der Waals surface area contributed by atoms with Gasteiger partial charge in [0.15, 0.2) is 35.0 Å². The molecule has 4 aromatic heterocycles. The standard InChI is InChI=1S/C21H24FN10O5PS3/c22-10-13(34)8(37-18(10)31-5-27-11-14(23)25-4-26-15(11)31)3-36-38(39,40)21-1-7(21)9(2-33)41-19(21)32-6-28-12-16(32)29-20(24)30-17(12)35/h4-10,13,18-19,33-34H,1-3H2,(H,39,40)(H2,23,25,26)(H3,24,29,30,35)/t7-,8+,9+,10-,13+,18+,19+,21-/m0/s1. The Bertz CT molecular complexity index is 1790. The molecule has 3 fully saturated rings. The van der Waals surface area contributed by atoms with E-state index >= 15 is 4.39 Å². The molecule has 41 heavy (non-hydrogen) atoms. The maximum atomic E-state index is 15.3. The average Bonchev–Trinajstić information content (AvgIpc) is 3.22. The highest BCUT2D eigenvalue weighted by Crippen LogP contribution is 2.86. The minimum Gasteiger partial charge on any atom is -0.395 e. The Morgan fingerprint density at radius 2 is 2.02 bits per heavy atom. The number of fused-ring (bicyclic) bond motifs is 3. The van der Waals surface area contributed by atoms with Gasteiger partial charge in [-0.2, -0.15) is 4.98 Å². The van der Waals surface area contributed by atoms with Gasteiger partial charge in [-0.25, -0.2) is 24.3 Å². The van der Waals surface area contributed by atoms with Crippen molar-refractivity contribution in [1.82, 2.24) is 39.0 Å². The SMILES string of the molecule is Nc1nc2c(ncn2[C@@H]2S[C@H](CO)[C@@H]3C[C@]32P(=S)(S)OC[C@H]2O[C@@H](n3cnc4c(N)ncnc43)[C@@H](F)[C@@H]2O)c(=O)[nH]1. The molecular formula is C21H24FN10O5PS3. The van der Waals surface area contributed by atoms with Crippen molar-refractivity contribution in [2.75, 3.05) is 24.7 Å². The molecule has 9 atom stereocenters. The van der Waals surface area contributed by atoms with E-state index in [9.17, 15) is 15.0 Å². The highest BCUT2D eigenvalue weighted by atomic mass is 32.9. The summed E-state index contributed by atoms with van der Waals surface area (Å²) in [5, 5.41) is 19.6. The fourth-order valence-corrected chi connectivity index (χ4v) is 13.1. The number of aromatic amines is 1. The number of anilines is 2. The summed E-state index contributed by atoms with van der Waals surface area (Å²) in [6.07, 6.45) is -0.970. The molecule has 0 bridgehead atoms. The molecule has 20 heteroatoms. The fraction of sp³-hybridized carbons (Fsp3) is 0.524. The van der Waals surface area contributed by atoms with Crippen molar-refractivity contribution in [3.8, 4) is 0 Å². The number of nitrogens with two attached hydrogens (primary N) is 2. The summed E-state index contributed by atoms with van der Waals surface area (Å²) in [6, 6.07) is 0. The maximum absolute atomic E-state index is 15.3. The minimum absolute atomic E-state index is 0.0267. The number of hydrogen-bond acceptors (Lipinski definition) is 14. The van der Waals surface area contributed by atoms with E-state index in [0.29, 0.717) is 6.42 Å². The van der Waals surface area contributed by atoms with Gasteiger partial charge in [-0.1, -0.05) is 11.8 Å². The van der Waals surface area contributed by atoms with Gasteiger partial charge in [-0.05, 0) is 12.3 Å².